The van der Waals surface area contributed by atoms with Gasteiger partial charge in [-0.2, -0.15) is 4.31 Å². The van der Waals surface area contributed by atoms with Gasteiger partial charge in [0.1, 0.15) is 5.82 Å². The van der Waals surface area contributed by atoms with E-state index in [1.165, 1.54) is 22.7 Å². The molecule has 1 saturated heterocycles. The molecule has 0 bridgehead atoms. The van der Waals surface area contributed by atoms with Crippen LogP contribution in [0.25, 0.3) is 0 Å². The van der Waals surface area contributed by atoms with Crippen molar-refractivity contribution in [2.75, 3.05) is 32.4 Å². The van der Waals surface area contributed by atoms with Gasteiger partial charge >= 0.3 is 0 Å². The van der Waals surface area contributed by atoms with Gasteiger partial charge in [-0.1, -0.05) is 6.07 Å². The number of hydrogen-bond donors (Lipinski definition) is 1. The van der Waals surface area contributed by atoms with Crippen molar-refractivity contribution in [3.8, 4) is 0 Å². The SMILES string of the molecule is Cc1cc(F)ccc1C(O)CN1CCN(S(C)(=O)=O)[C@@H](C)C1. The molecule has 7 heteroatoms. The van der Waals surface area contributed by atoms with E-state index in [1.54, 1.807) is 13.0 Å². The van der Waals surface area contributed by atoms with Crippen molar-refractivity contribution in [1.29, 1.82) is 0 Å². The van der Waals surface area contributed by atoms with Crippen LogP contribution in [0.3, 0.4) is 0 Å². The highest BCUT2D eigenvalue weighted by Gasteiger charge is 2.30. The Hall–Kier alpha value is -1.02. The maximum Gasteiger partial charge on any atom is 0.211 e. The zero-order valence-electron chi connectivity index (χ0n) is 13.2. The summed E-state index contributed by atoms with van der Waals surface area (Å²) in [5.41, 5.74) is 1.43. The van der Waals surface area contributed by atoms with Gasteiger partial charge in [-0.25, -0.2) is 12.8 Å². The van der Waals surface area contributed by atoms with E-state index in [2.05, 4.69) is 0 Å². The normalized spacial score (nSPS) is 22.7. The lowest BCUT2D eigenvalue weighted by Gasteiger charge is -2.39. The molecule has 0 radical (unpaired) electrons. The number of aliphatic hydroxyl groups excluding tert-OH is 1. The molecular formula is C15H23FN2O3S. The number of aliphatic hydroxyl groups is 1. The second kappa shape index (κ2) is 6.62. The molecule has 1 unspecified atom stereocenters. The molecule has 0 aliphatic carbocycles. The van der Waals surface area contributed by atoms with Gasteiger partial charge in [-0.3, -0.25) is 4.90 Å². The molecule has 0 spiro atoms. The third kappa shape index (κ3) is 4.04. The highest BCUT2D eigenvalue weighted by atomic mass is 32.2. The van der Waals surface area contributed by atoms with Gasteiger partial charge in [0.25, 0.3) is 0 Å². The maximum absolute atomic E-state index is 13.1. The lowest BCUT2D eigenvalue weighted by Crippen LogP contribution is -2.54. The molecule has 0 aromatic heterocycles. The van der Waals surface area contributed by atoms with Crippen LogP contribution in [0.15, 0.2) is 18.2 Å². The molecule has 1 aromatic rings. The Kier molecular flexibility index (Phi) is 5.21. The summed E-state index contributed by atoms with van der Waals surface area (Å²) in [5, 5.41) is 10.4. The van der Waals surface area contributed by atoms with E-state index in [4.69, 9.17) is 0 Å². The van der Waals surface area contributed by atoms with Crippen molar-refractivity contribution in [2.45, 2.75) is 26.0 Å². The molecular weight excluding hydrogens is 307 g/mol. The van der Waals surface area contributed by atoms with Crippen molar-refractivity contribution in [3.05, 3.63) is 35.1 Å². The minimum atomic E-state index is -3.19. The van der Waals surface area contributed by atoms with Crippen LogP contribution in [0.2, 0.25) is 0 Å². The maximum atomic E-state index is 13.1. The van der Waals surface area contributed by atoms with E-state index in [0.717, 1.165) is 5.56 Å². The van der Waals surface area contributed by atoms with Crippen molar-refractivity contribution in [2.24, 2.45) is 0 Å². The van der Waals surface area contributed by atoms with Crippen LogP contribution in [0.4, 0.5) is 4.39 Å². The molecule has 1 aliphatic rings. The largest absolute Gasteiger partial charge is 0.387 e. The molecule has 1 heterocycles. The second-order valence-electron chi connectivity index (χ2n) is 6.00. The Morgan fingerprint density at radius 1 is 1.41 bits per heavy atom. The number of aryl methyl sites for hydroxylation is 1. The average Bonchev–Trinajstić information content (AvgIpc) is 2.36. The number of nitrogens with zero attached hydrogens (tertiary/aromatic N) is 2. The second-order valence-corrected chi connectivity index (χ2v) is 7.93. The van der Waals surface area contributed by atoms with Crippen LogP contribution < -0.4 is 0 Å². The van der Waals surface area contributed by atoms with E-state index in [-0.39, 0.29) is 11.9 Å². The molecule has 22 heavy (non-hydrogen) atoms. The minimum absolute atomic E-state index is 0.120. The molecule has 124 valence electrons. The summed E-state index contributed by atoms with van der Waals surface area (Å²) in [6.07, 6.45) is 0.508. The number of hydrogen-bond acceptors (Lipinski definition) is 4. The molecule has 2 atom stereocenters. The quantitative estimate of drug-likeness (QED) is 0.899. The standard InChI is InChI=1S/C15H23FN2O3S/c1-11-8-13(16)4-5-14(11)15(19)10-17-6-7-18(12(2)9-17)22(3,20)21/h4-5,8,12,15,19H,6-7,9-10H2,1-3H3/t12-,15?/m0/s1. The summed E-state index contributed by atoms with van der Waals surface area (Å²) >= 11 is 0. The first-order valence-electron chi connectivity index (χ1n) is 7.32. The number of benzene rings is 1. The van der Waals surface area contributed by atoms with Gasteiger partial charge in [-0.05, 0) is 37.1 Å². The number of β-amino-alcohol motifs (C(OH)–C–C–N with tert-alkyl or cyclic N) is 1. The highest BCUT2D eigenvalue weighted by molar-refractivity contribution is 7.88. The molecule has 1 fully saturated rings. The van der Waals surface area contributed by atoms with Gasteiger partial charge in [-0.15, -0.1) is 0 Å². The molecule has 0 amide bonds. The lowest BCUT2D eigenvalue weighted by molar-refractivity contribution is 0.0749. The van der Waals surface area contributed by atoms with Crippen LogP contribution in [0, 0.1) is 12.7 Å². The van der Waals surface area contributed by atoms with Gasteiger partial charge in [0.2, 0.25) is 10.0 Å². The summed E-state index contributed by atoms with van der Waals surface area (Å²) in [6, 6.07) is 4.23. The zero-order valence-corrected chi connectivity index (χ0v) is 14.0. The third-order valence-corrected chi connectivity index (χ3v) is 5.49. The molecule has 5 nitrogen and oxygen atoms in total. The fourth-order valence-electron chi connectivity index (χ4n) is 3.03. The summed E-state index contributed by atoms with van der Waals surface area (Å²) in [6.45, 7) is 5.62. The first kappa shape index (κ1) is 17.3. The van der Waals surface area contributed by atoms with Crippen molar-refractivity contribution >= 4 is 10.0 Å². The van der Waals surface area contributed by atoms with E-state index in [9.17, 15) is 17.9 Å². The van der Waals surface area contributed by atoms with E-state index in [1.807, 2.05) is 11.8 Å². The van der Waals surface area contributed by atoms with Crippen LogP contribution in [-0.4, -0.2) is 61.2 Å². The number of rotatable bonds is 4. The first-order chi connectivity index (χ1) is 10.2. The van der Waals surface area contributed by atoms with Crippen molar-refractivity contribution in [3.63, 3.8) is 0 Å². The monoisotopic (exact) mass is 330 g/mol. The number of halogens is 1. The summed E-state index contributed by atoms with van der Waals surface area (Å²) in [5.74, 6) is -0.316. The van der Waals surface area contributed by atoms with Crippen LogP contribution >= 0.6 is 0 Å². The van der Waals surface area contributed by atoms with E-state index < -0.39 is 16.1 Å². The Morgan fingerprint density at radius 3 is 2.64 bits per heavy atom. The predicted octanol–water partition coefficient (Wildman–Crippen LogP) is 1.13. The van der Waals surface area contributed by atoms with E-state index >= 15 is 0 Å². The highest BCUT2D eigenvalue weighted by Crippen LogP contribution is 2.21. The minimum Gasteiger partial charge on any atom is -0.387 e. The molecule has 0 saturated carbocycles. The molecule has 1 aromatic carbocycles. The van der Waals surface area contributed by atoms with Gasteiger partial charge in [0, 0.05) is 32.2 Å². The topological polar surface area (TPSA) is 60.9 Å². The summed E-state index contributed by atoms with van der Waals surface area (Å²) < 4.78 is 37.9. The predicted molar refractivity (Wildman–Crippen MR) is 83.5 cm³/mol. The Morgan fingerprint density at radius 2 is 2.09 bits per heavy atom. The average molecular weight is 330 g/mol. The Bertz CT molecular complexity index is 636. The summed E-state index contributed by atoms with van der Waals surface area (Å²) in [7, 11) is -3.19. The fraction of sp³-hybridized carbons (Fsp3) is 0.600. The van der Waals surface area contributed by atoms with Gasteiger partial charge in [0.05, 0.1) is 12.4 Å². The first-order valence-corrected chi connectivity index (χ1v) is 9.16. The van der Waals surface area contributed by atoms with Crippen LogP contribution in [-0.2, 0) is 10.0 Å². The summed E-state index contributed by atoms with van der Waals surface area (Å²) in [4.78, 5) is 2.04. The Labute approximate surface area is 131 Å². The van der Waals surface area contributed by atoms with E-state index in [0.29, 0.717) is 31.7 Å². The fourth-order valence-corrected chi connectivity index (χ4v) is 4.16. The number of sulfonamides is 1. The van der Waals surface area contributed by atoms with Crippen molar-refractivity contribution < 1.29 is 17.9 Å². The Balaban J connectivity index is 2.00. The molecule has 1 N–H and O–H groups in total. The number of piperazine rings is 1. The van der Waals surface area contributed by atoms with Gasteiger partial charge < -0.3 is 5.11 Å². The lowest BCUT2D eigenvalue weighted by atomic mass is 10.0. The molecule has 1 aliphatic heterocycles. The third-order valence-electron chi connectivity index (χ3n) is 4.10. The molecule has 2 rings (SSSR count). The van der Waals surface area contributed by atoms with Crippen LogP contribution in [0.5, 0.6) is 0 Å². The smallest absolute Gasteiger partial charge is 0.211 e. The van der Waals surface area contributed by atoms with Crippen molar-refractivity contribution in [1.82, 2.24) is 9.21 Å². The zero-order chi connectivity index (χ0) is 16.5. The van der Waals surface area contributed by atoms with Gasteiger partial charge in [0.15, 0.2) is 0 Å². The van der Waals surface area contributed by atoms with Crippen LogP contribution in [0.1, 0.15) is 24.2 Å².